The lowest BCUT2D eigenvalue weighted by molar-refractivity contribution is 0.328. The first-order valence-corrected chi connectivity index (χ1v) is 4.91. The highest BCUT2D eigenvalue weighted by atomic mass is 35.5. The van der Waals surface area contributed by atoms with Gasteiger partial charge in [0.05, 0.1) is 6.54 Å². The second-order valence-corrected chi connectivity index (χ2v) is 3.47. The van der Waals surface area contributed by atoms with E-state index in [1.54, 1.807) is 6.07 Å². The number of nitrogens with two attached hydrogens (primary N) is 2. The molecule has 0 atom stereocenters. The van der Waals surface area contributed by atoms with Gasteiger partial charge in [-0.25, -0.2) is 0 Å². The van der Waals surface area contributed by atoms with Crippen molar-refractivity contribution in [2.24, 2.45) is 16.5 Å². The highest BCUT2D eigenvalue weighted by Gasteiger charge is 1.97. The molecule has 0 saturated carbocycles. The summed E-state index contributed by atoms with van der Waals surface area (Å²) in [5.74, 6) is 0.841. The molecule has 0 aliphatic rings. The lowest BCUT2D eigenvalue weighted by Crippen LogP contribution is -2.23. The zero-order valence-corrected chi connectivity index (χ0v) is 9.29. The Bertz CT molecular complexity index is 362. The predicted molar refractivity (Wildman–Crippen MR) is 62.4 cm³/mol. The minimum absolute atomic E-state index is 0.0749. The SMILES string of the molecule is Cc1cc(OCCN=C(N)N)ccc1Cl. The van der Waals surface area contributed by atoms with Crippen molar-refractivity contribution in [3.05, 3.63) is 28.8 Å². The number of benzene rings is 1. The molecule has 5 heteroatoms. The Morgan fingerprint density at radius 2 is 2.20 bits per heavy atom. The summed E-state index contributed by atoms with van der Waals surface area (Å²) in [6.45, 7) is 2.81. The summed E-state index contributed by atoms with van der Waals surface area (Å²) in [7, 11) is 0. The van der Waals surface area contributed by atoms with Gasteiger partial charge in [-0.1, -0.05) is 11.6 Å². The van der Waals surface area contributed by atoms with Crippen LogP contribution < -0.4 is 16.2 Å². The van der Waals surface area contributed by atoms with Gasteiger partial charge in [0, 0.05) is 5.02 Å². The van der Waals surface area contributed by atoms with Gasteiger partial charge in [0.15, 0.2) is 5.96 Å². The Labute approximate surface area is 93.9 Å². The number of aryl methyl sites for hydroxylation is 1. The van der Waals surface area contributed by atoms with E-state index in [1.165, 1.54) is 0 Å². The van der Waals surface area contributed by atoms with E-state index >= 15 is 0 Å². The fourth-order valence-corrected chi connectivity index (χ4v) is 1.16. The second-order valence-electron chi connectivity index (χ2n) is 3.07. The van der Waals surface area contributed by atoms with E-state index in [2.05, 4.69) is 4.99 Å². The van der Waals surface area contributed by atoms with E-state index in [-0.39, 0.29) is 5.96 Å². The van der Waals surface area contributed by atoms with Crippen LogP contribution in [0.2, 0.25) is 5.02 Å². The van der Waals surface area contributed by atoms with Gasteiger partial charge in [-0.15, -0.1) is 0 Å². The number of aliphatic imine (C=N–C) groups is 1. The van der Waals surface area contributed by atoms with Crippen LogP contribution >= 0.6 is 11.6 Å². The third kappa shape index (κ3) is 4.08. The van der Waals surface area contributed by atoms with Gasteiger partial charge < -0.3 is 16.2 Å². The lowest BCUT2D eigenvalue weighted by Gasteiger charge is -2.06. The van der Waals surface area contributed by atoms with E-state index in [0.717, 1.165) is 16.3 Å². The summed E-state index contributed by atoms with van der Waals surface area (Å²) in [5, 5.41) is 0.728. The van der Waals surface area contributed by atoms with Crippen molar-refractivity contribution in [1.29, 1.82) is 0 Å². The maximum Gasteiger partial charge on any atom is 0.186 e. The van der Waals surface area contributed by atoms with Crippen LogP contribution in [0.5, 0.6) is 5.75 Å². The normalized spacial score (nSPS) is 9.73. The summed E-state index contributed by atoms with van der Waals surface area (Å²) in [6.07, 6.45) is 0. The third-order valence-corrected chi connectivity index (χ3v) is 2.21. The molecule has 0 aliphatic carbocycles. The molecule has 0 bridgehead atoms. The van der Waals surface area contributed by atoms with Crippen LogP contribution in [0.15, 0.2) is 23.2 Å². The molecule has 1 aromatic rings. The van der Waals surface area contributed by atoms with E-state index in [1.807, 2.05) is 19.1 Å². The predicted octanol–water partition coefficient (Wildman–Crippen LogP) is 1.30. The quantitative estimate of drug-likeness (QED) is 0.463. The summed E-state index contributed by atoms with van der Waals surface area (Å²) in [5.41, 5.74) is 11.3. The molecule has 4 N–H and O–H groups in total. The van der Waals surface area contributed by atoms with E-state index in [4.69, 9.17) is 27.8 Å². The summed E-state index contributed by atoms with van der Waals surface area (Å²) < 4.78 is 5.42. The number of guanidine groups is 1. The van der Waals surface area contributed by atoms with Crippen LogP contribution in [0.25, 0.3) is 0 Å². The molecule has 1 aromatic carbocycles. The van der Waals surface area contributed by atoms with Crippen LogP contribution in [0.1, 0.15) is 5.56 Å². The van der Waals surface area contributed by atoms with Crippen molar-refractivity contribution < 1.29 is 4.74 Å². The monoisotopic (exact) mass is 227 g/mol. The van der Waals surface area contributed by atoms with E-state index in [9.17, 15) is 0 Å². The highest BCUT2D eigenvalue weighted by Crippen LogP contribution is 2.20. The first-order valence-electron chi connectivity index (χ1n) is 4.54. The first kappa shape index (κ1) is 11.7. The zero-order chi connectivity index (χ0) is 11.3. The molecule has 15 heavy (non-hydrogen) atoms. The van der Waals surface area contributed by atoms with Crippen molar-refractivity contribution >= 4 is 17.6 Å². The molecule has 0 heterocycles. The fraction of sp³-hybridized carbons (Fsp3) is 0.300. The lowest BCUT2D eigenvalue weighted by atomic mass is 10.2. The standard InChI is InChI=1S/C10H14ClN3O/c1-7-6-8(2-3-9(7)11)15-5-4-14-10(12)13/h2-3,6H,4-5H2,1H3,(H4,12,13,14). The number of hydrogen-bond donors (Lipinski definition) is 2. The van der Waals surface area contributed by atoms with Gasteiger partial charge in [0.1, 0.15) is 12.4 Å². The maximum atomic E-state index is 5.87. The molecular weight excluding hydrogens is 214 g/mol. The molecule has 0 aromatic heterocycles. The van der Waals surface area contributed by atoms with Crippen LogP contribution in [0.4, 0.5) is 0 Å². The van der Waals surface area contributed by atoms with Crippen molar-refractivity contribution in [2.45, 2.75) is 6.92 Å². The topological polar surface area (TPSA) is 73.6 Å². The molecule has 1 rings (SSSR count). The van der Waals surface area contributed by atoms with Gasteiger partial charge in [0.25, 0.3) is 0 Å². The Hall–Kier alpha value is -1.42. The number of ether oxygens (including phenoxy) is 1. The van der Waals surface area contributed by atoms with E-state index in [0.29, 0.717) is 13.2 Å². The number of hydrogen-bond acceptors (Lipinski definition) is 2. The van der Waals surface area contributed by atoms with Crippen LogP contribution in [-0.2, 0) is 0 Å². The smallest absolute Gasteiger partial charge is 0.186 e. The minimum atomic E-state index is 0.0749. The van der Waals surface area contributed by atoms with Crippen LogP contribution in [0.3, 0.4) is 0 Å². The number of nitrogens with zero attached hydrogens (tertiary/aromatic N) is 1. The Morgan fingerprint density at radius 1 is 1.47 bits per heavy atom. The van der Waals surface area contributed by atoms with Gasteiger partial charge in [-0.2, -0.15) is 0 Å². The van der Waals surface area contributed by atoms with Gasteiger partial charge >= 0.3 is 0 Å². The first-order chi connectivity index (χ1) is 7.09. The van der Waals surface area contributed by atoms with Crippen molar-refractivity contribution in [2.75, 3.05) is 13.2 Å². The summed E-state index contributed by atoms with van der Waals surface area (Å²) >= 11 is 5.87. The molecule has 0 aliphatic heterocycles. The Kier molecular flexibility index (Phi) is 4.24. The van der Waals surface area contributed by atoms with Gasteiger partial charge in [-0.05, 0) is 30.7 Å². The number of rotatable bonds is 4. The van der Waals surface area contributed by atoms with E-state index < -0.39 is 0 Å². The molecule has 0 unspecified atom stereocenters. The highest BCUT2D eigenvalue weighted by molar-refractivity contribution is 6.31. The van der Waals surface area contributed by atoms with Gasteiger partial charge in [0.2, 0.25) is 0 Å². The van der Waals surface area contributed by atoms with Crippen LogP contribution in [-0.4, -0.2) is 19.1 Å². The molecule has 4 nitrogen and oxygen atoms in total. The molecule has 0 radical (unpaired) electrons. The summed E-state index contributed by atoms with van der Waals surface area (Å²) in [6, 6.07) is 5.48. The third-order valence-electron chi connectivity index (χ3n) is 1.78. The minimum Gasteiger partial charge on any atom is -0.492 e. The zero-order valence-electron chi connectivity index (χ0n) is 8.53. The molecule has 0 spiro atoms. The second kappa shape index (κ2) is 5.46. The van der Waals surface area contributed by atoms with Crippen molar-refractivity contribution in [3.63, 3.8) is 0 Å². The van der Waals surface area contributed by atoms with Crippen molar-refractivity contribution in [3.8, 4) is 5.75 Å². The average Bonchev–Trinajstić information content (AvgIpc) is 2.18. The molecule has 82 valence electrons. The van der Waals surface area contributed by atoms with Crippen molar-refractivity contribution in [1.82, 2.24) is 0 Å². The maximum absolute atomic E-state index is 5.87. The Morgan fingerprint density at radius 3 is 2.80 bits per heavy atom. The Balaban J connectivity index is 2.44. The fourth-order valence-electron chi connectivity index (χ4n) is 1.05. The van der Waals surface area contributed by atoms with Gasteiger partial charge in [-0.3, -0.25) is 4.99 Å². The molecular formula is C10H14ClN3O. The molecule has 0 fully saturated rings. The largest absolute Gasteiger partial charge is 0.492 e. The average molecular weight is 228 g/mol. The molecule has 0 saturated heterocycles. The van der Waals surface area contributed by atoms with Crippen LogP contribution in [0, 0.1) is 6.92 Å². The number of halogens is 1. The molecule has 0 amide bonds. The summed E-state index contributed by atoms with van der Waals surface area (Å²) in [4.78, 5) is 3.80.